The molecule has 1 saturated carbocycles. The van der Waals surface area contributed by atoms with Crippen molar-refractivity contribution < 1.29 is 13.9 Å². The van der Waals surface area contributed by atoms with Gasteiger partial charge in [0, 0.05) is 6.07 Å². The minimum Gasteiger partial charge on any atom is -0.492 e. The van der Waals surface area contributed by atoms with E-state index in [1.807, 2.05) is 0 Å². The van der Waals surface area contributed by atoms with E-state index in [2.05, 4.69) is 5.32 Å². The molecule has 0 bridgehead atoms. The molecule has 0 aliphatic heterocycles. The summed E-state index contributed by atoms with van der Waals surface area (Å²) < 4.78 is 17.2. The molecular weight excluding hydrogens is 292 g/mol. The predicted molar refractivity (Wildman–Crippen MR) is 72.1 cm³/mol. The van der Waals surface area contributed by atoms with Crippen molar-refractivity contribution in [2.75, 3.05) is 13.2 Å². The molecule has 19 heavy (non-hydrogen) atoms. The molecule has 104 valence electrons. The first-order chi connectivity index (χ1) is 8.85. The largest absolute Gasteiger partial charge is 0.492 e. The zero-order valence-corrected chi connectivity index (χ0v) is 11.9. The monoisotopic (exact) mass is 305 g/mol. The Morgan fingerprint density at radius 2 is 2.21 bits per heavy atom. The molecule has 2 rings (SSSR count). The summed E-state index contributed by atoms with van der Waals surface area (Å²) in [4.78, 5) is 11.8. The second kappa shape index (κ2) is 5.17. The summed E-state index contributed by atoms with van der Waals surface area (Å²) >= 11 is 11.8. The van der Waals surface area contributed by atoms with Crippen molar-refractivity contribution in [3.8, 4) is 5.75 Å². The molecule has 0 aromatic heterocycles. The molecule has 1 atom stereocenters. The maximum atomic E-state index is 12.9. The van der Waals surface area contributed by atoms with E-state index in [0.717, 1.165) is 0 Å². The van der Waals surface area contributed by atoms with E-state index >= 15 is 0 Å². The molecule has 0 spiro atoms. The Hall–Kier alpha value is -1.00. The van der Waals surface area contributed by atoms with Gasteiger partial charge in [-0.2, -0.15) is 0 Å². The minimum absolute atomic E-state index is 0.194. The molecule has 3 nitrogen and oxygen atoms in total. The number of halogens is 3. The molecule has 0 radical (unpaired) electrons. The quantitative estimate of drug-likeness (QED) is 0.671. The molecule has 1 fully saturated rings. The number of carbonyl (C=O) groups excluding carboxylic acids is 1. The van der Waals surface area contributed by atoms with E-state index in [1.54, 1.807) is 19.1 Å². The predicted octanol–water partition coefficient (Wildman–Crippen LogP) is 2.90. The van der Waals surface area contributed by atoms with E-state index in [9.17, 15) is 9.18 Å². The van der Waals surface area contributed by atoms with Gasteiger partial charge in [-0.15, -0.1) is 23.2 Å². The number of hydrogen-bond acceptors (Lipinski definition) is 2. The van der Waals surface area contributed by atoms with Gasteiger partial charge < -0.3 is 10.1 Å². The van der Waals surface area contributed by atoms with Crippen LogP contribution in [0.15, 0.2) is 24.3 Å². The van der Waals surface area contributed by atoms with Crippen LogP contribution in [-0.4, -0.2) is 23.4 Å². The fourth-order valence-electron chi connectivity index (χ4n) is 1.73. The van der Waals surface area contributed by atoms with Crippen LogP contribution < -0.4 is 10.1 Å². The van der Waals surface area contributed by atoms with E-state index < -0.39 is 9.75 Å². The highest BCUT2D eigenvalue weighted by molar-refractivity contribution is 6.53. The third-order valence-electron chi connectivity index (χ3n) is 3.21. The van der Waals surface area contributed by atoms with E-state index in [1.165, 1.54) is 12.1 Å². The Labute approximate surface area is 121 Å². The second-order valence-corrected chi connectivity index (χ2v) is 6.26. The SMILES string of the molecule is C[C@]1(C(=O)NCCOc2cccc(F)c2)CC1(Cl)Cl. The summed E-state index contributed by atoms with van der Waals surface area (Å²) in [5.74, 6) is -0.127. The highest BCUT2D eigenvalue weighted by atomic mass is 35.5. The third-order valence-corrected chi connectivity index (χ3v) is 4.31. The number of nitrogens with one attached hydrogen (secondary N) is 1. The topological polar surface area (TPSA) is 38.3 Å². The second-order valence-electron chi connectivity index (χ2n) is 4.78. The molecule has 1 amide bonds. The fraction of sp³-hybridized carbons (Fsp3) is 0.462. The van der Waals surface area contributed by atoms with Gasteiger partial charge in [-0.05, 0) is 25.5 Å². The summed E-state index contributed by atoms with van der Waals surface area (Å²) in [6.07, 6.45) is 0.444. The average molecular weight is 306 g/mol. The summed E-state index contributed by atoms with van der Waals surface area (Å²) in [5, 5.41) is 2.70. The van der Waals surface area contributed by atoms with Crippen molar-refractivity contribution in [2.24, 2.45) is 5.41 Å². The maximum Gasteiger partial charge on any atom is 0.229 e. The van der Waals surface area contributed by atoms with Gasteiger partial charge in [-0.1, -0.05) is 6.07 Å². The Balaban J connectivity index is 1.72. The minimum atomic E-state index is -0.972. The lowest BCUT2D eigenvalue weighted by molar-refractivity contribution is -0.125. The van der Waals surface area contributed by atoms with Crippen molar-refractivity contribution in [3.63, 3.8) is 0 Å². The van der Waals surface area contributed by atoms with Crippen molar-refractivity contribution in [2.45, 2.75) is 17.7 Å². The average Bonchev–Trinajstić information content (AvgIpc) is 2.85. The molecule has 0 saturated heterocycles. The maximum absolute atomic E-state index is 12.9. The van der Waals surface area contributed by atoms with Crippen LogP contribution in [0.1, 0.15) is 13.3 Å². The van der Waals surface area contributed by atoms with Gasteiger partial charge in [-0.3, -0.25) is 4.79 Å². The molecular formula is C13H14Cl2FNO2. The van der Waals surface area contributed by atoms with Gasteiger partial charge in [0.2, 0.25) is 5.91 Å². The number of benzene rings is 1. The van der Waals surface area contributed by atoms with Crippen LogP contribution in [0.3, 0.4) is 0 Å². The Kier molecular flexibility index (Phi) is 3.92. The third kappa shape index (κ3) is 3.12. The van der Waals surface area contributed by atoms with Crippen LogP contribution >= 0.6 is 23.2 Å². The molecule has 1 aliphatic carbocycles. The normalized spacial score (nSPS) is 23.8. The number of alkyl halides is 2. The first-order valence-electron chi connectivity index (χ1n) is 5.90. The summed E-state index contributed by atoms with van der Waals surface area (Å²) in [6.45, 7) is 2.29. The number of ether oxygens (including phenoxy) is 1. The molecule has 0 heterocycles. The van der Waals surface area contributed by atoms with Crippen molar-refractivity contribution >= 4 is 29.1 Å². The summed E-state index contributed by atoms with van der Waals surface area (Å²) in [5.41, 5.74) is -0.727. The summed E-state index contributed by atoms with van der Waals surface area (Å²) in [7, 11) is 0. The lowest BCUT2D eigenvalue weighted by Gasteiger charge is -2.13. The van der Waals surface area contributed by atoms with Crippen LogP contribution in [0.25, 0.3) is 0 Å². The van der Waals surface area contributed by atoms with Crippen LogP contribution in [0.4, 0.5) is 4.39 Å². The molecule has 1 aromatic carbocycles. The number of carbonyl (C=O) groups is 1. The van der Waals surface area contributed by atoms with Crippen LogP contribution in [0, 0.1) is 11.2 Å². The number of hydrogen-bond donors (Lipinski definition) is 1. The summed E-state index contributed by atoms with van der Waals surface area (Å²) in [6, 6.07) is 5.83. The number of rotatable bonds is 5. The van der Waals surface area contributed by atoms with Crippen LogP contribution in [-0.2, 0) is 4.79 Å². The van der Waals surface area contributed by atoms with Gasteiger partial charge in [0.25, 0.3) is 0 Å². The van der Waals surface area contributed by atoms with E-state index in [0.29, 0.717) is 18.7 Å². The zero-order chi connectivity index (χ0) is 14.1. The Morgan fingerprint density at radius 1 is 1.53 bits per heavy atom. The zero-order valence-electron chi connectivity index (χ0n) is 10.4. The van der Waals surface area contributed by atoms with Gasteiger partial charge in [-0.25, -0.2) is 4.39 Å². The van der Waals surface area contributed by atoms with Crippen molar-refractivity contribution in [1.29, 1.82) is 0 Å². The Morgan fingerprint density at radius 3 is 2.79 bits per heavy atom. The van der Waals surface area contributed by atoms with E-state index in [4.69, 9.17) is 27.9 Å². The molecule has 1 N–H and O–H groups in total. The highest BCUT2D eigenvalue weighted by Crippen LogP contribution is 2.63. The van der Waals surface area contributed by atoms with Crippen LogP contribution in [0.2, 0.25) is 0 Å². The van der Waals surface area contributed by atoms with E-state index in [-0.39, 0.29) is 18.3 Å². The molecule has 0 unspecified atom stereocenters. The van der Waals surface area contributed by atoms with Gasteiger partial charge in [0.15, 0.2) is 0 Å². The number of amides is 1. The first-order valence-corrected chi connectivity index (χ1v) is 6.65. The molecule has 1 aromatic rings. The smallest absolute Gasteiger partial charge is 0.229 e. The molecule has 6 heteroatoms. The highest BCUT2D eigenvalue weighted by Gasteiger charge is 2.67. The van der Waals surface area contributed by atoms with Crippen molar-refractivity contribution in [3.05, 3.63) is 30.1 Å². The fourth-order valence-corrected chi connectivity index (χ4v) is 2.44. The lowest BCUT2D eigenvalue weighted by Crippen LogP contribution is -2.35. The van der Waals surface area contributed by atoms with Gasteiger partial charge in [0.05, 0.1) is 12.0 Å². The first kappa shape index (κ1) is 14.4. The van der Waals surface area contributed by atoms with Gasteiger partial charge in [0.1, 0.15) is 22.5 Å². The standard InChI is InChI=1S/C13H14Cl2FNO2/c1-12(8-13(12,14)15)11(18)17-5-6-19-10-4-2-3-9(16)7-10/h2-4,7H,5-6,8H2,1H3,(H,17,18)/t12-/m1/s1. The van der Waals surface area contributed by atoms with Gasteiger partial charge >= 0.3 is 0 Å². The molecule has 1 aliphatic rings. The lowest BCUT2D eigenvalue weighted by atomic mass is 10.1. The van der Waals surface area contributed by atoms with Crippen LogP contribution in [0.5, 0.6) is 5.75 Å². The van der Waals surface area contributed by atoms with Crippen molar-refractivity contribution in [1.82, 2.24) is 5.32 Å². The Bertz CT molecular complexity index is 495.